The predicted molar refractivity (Wildman–Crippen MR) is 146 cm³/mol. The van der Waals surface area contributed by atoms with Crippen LogP contribution in [0.25, 0.3) is 0 Å². The van der Waals surface area contributed by atoms with Gasteiger partial charge in [0.05, 0.1) is 5.56 Å². The molecular formula is C30H34F3N5O4. The Morgan fingerprint density at radius 1 is 1.14 bits per heavy atom. The van der Waals surface area contributed by atoms with E-state index in [0.717, 1.165) is 30.2 Å². The molecule has 2 amide bonds. The maximum Gasteiger partial charge on any atom is 0.434 e. The van der Waals surface area contributed by atoms with Crippen molar-refractivity contribution in [3.8, 4) is 0 Å². The lowest BCUT2D eigenvalue weighted by atomic mass is 9.78. The molecule has 4 aliphatic rings. The smallest absolute Gasteiger partial charge is 0.434 e. The van der Waals surface area contributed by atoms with Gasteiger partial charge in [0.2, 0.25) is 11.9 Å². The number of aliphatic carboxylic acids is 1. The van der Waals surface area contributed by atoms with E-state index in [0.29, 0.717) is 31.5 Å². The van der Waals surface area contributed by atoms with Gasteiger partial charge in [-0.2, -0.15) is 13.2 Å². The van der Waals surface area contributed by atoms with E-state index in [-0.39, 0.29) is 47.9 Å². The molecule has 3 saturated carbocycles. The number of carboxylic acid groups (broad SMARTS) is 1. The van der Waals surface area contributed by atoms with Gasteiger partial charge in [0.15, 0.2) is 5.69 Å². The lowest BCUT2D eigenvalue weighted by Gasteiger charge is -2.33. The molecule has 2 N–H and O–H groups in total. The molecule has 6 atom stereocenters. The van der Waals surface area contributed by atoms with Crippen LogP contribution in [-0.2, 0) is 22.2 Å². The molecule has 0 radical (unpaired) electrons. The number of benzene rings is 1. The van der Waals surface area contributed by atoms with E-state index in [4.69, 9.17) is 0 Å². The molecule has 6 rings (SSSR count). The zero-order chi connectivity index (χ0) is 30.1. The molecule has 3 aliphatic carbocycles. The van der Waals surface area contributed by atoms with Gasteiger partial charge in [-0.25, -0.2) is 14.8 Å². The summed E-state index contributed by atoms with van der Waals surface area (Å²) in [5.74, 6) is -2.34. The fourth-order valence-corrected chi connectivity index (χ4v) is 7.59. The summed E-state index contributed by atoms with van der Waals surface area (Å²) < 4.78 is 42.8. The molecule has 1 aromatic heterocycles. The molecule has 3 fully saturated rings. The van der Waals surface area contributed by atoms with Crippen molar-refractivity contribution in [1.29, 1.82) is 0 Å². The lowest BCUT2D eigenvalue weighted by Crippen LogP contribution is -2.57. The first-order valence-corrected chi connectivity index (χ1v) is 14.4. The molecule has 6 unspecified atom stereocenters. The molecule has 9 nitrogen and oxygen atoms in total. The Balaban J connectivity index is 1.26. The number of hydrogen-bond donors (Lipinski definition) is 2. The fraction of sp³-hybridized carbons (Fsp3) is 0.567. The Bertz CT molecular complexity index is 1460. The first-order valence-electron chi connectivity index (χ1n) is 14.4. The van der Waals surface area contributed by atoms with Crippen molar-refractivity contribution >= 4 is 29.4 Å². The van der Waals surface area contributed by atoms with Crippen LogP contribution in [0, 0.1) is 23.7 Å². The molecule has 12 heteroatoms. The summed E-state index contributed by atoms with van der Waals surface area (Å²) in [6.07, 6.45) is -0.527. The summed E-state index contributed by atoms with van der Waals surface area (Å²) >= 11 is 0. The van der Waals surface area contributed by atoms with Crippen molar-refractivity contribution in [2.45, 2.75) is 63.1 Å². The number of fused-ring (bicyclic) bond motifs is 3. The number of carboxylic acids is 1. The molecular weight excluding hydrogens is 551 g/mol. The summed E-state index contributed by atoms with van der Waals surface area (Å²) in [7, 11) is 3.46. The number of carbonyl (C=O) groups is 3. The Labute approximate surface area is 241 Å². The van der Waals surface area contributed by atoms with Gasteiger partial charge in [0, 0.05) is 38.4 Å². The molecule has 1 aromatic carbocycles. The van der Waals surface area contributed by atoms with E-state index in [1.165, 1.54) is 0 Å². The Hall–Kier alpha value is -3.70. The van der Waals surface area contributed by atoms with Crippen LogP contribution in [0.2, 0.25) is 0 Å². The third-order valence-electron chi connectivity index (χ3n) is 9.57. The minimum atomic E-state index is -4.97. The number of halogens is 3. The molecule has 2 bridgehead atoms. The maximum atomic E-state index is 14.3. The molecule has 0 spiro atoms. The molecule has 0 saturated heterocycles. The van der Waals surface area contributed by atoms with Gasteiger partial charge in [0.25, 0.3) is 5.91 Å². The van der Waals surface area contributed by atoms with Crippen LogP contribution >= 0.6 is 0 Å². The predicted octanol–water partition coefficient (Wildman–Crippen LogP) is 4.39. The van der Waals surface area contributed by atoms with Crippen molar-refractivity contribution in [2.24, 2.45) is 23.7 Å². The van der Waals surface area contributed by atoms with Crippen LogP contribution < -0.4 is 10.2 Å². The normalized spacial score (nSPS) is 29.7. The third kappa shape index (κ3) is 4.78. The Morgan fingerprint density at radius 3 is 2.60 bits per heavy atom. The zero-order valence-corrected chi connectivity index (χ0v) is 23.7. The van der Waals surface area contributed by atoms with E-state index in [2.05, 4.69) is 15.3 Å². The standard InChI is InChI=1S/C30H34F3N5O4/c1-15-8-16-10-19(9-15)29(13-16,27(41)42)36-25(39)22-14-34-28(35-24(22)30(31,32)33)38-7-6-18-11-17(4-5-23(18)38)20-12-21(20)26(40)37(2)3/h4-5,11,14-16,19-21H,6-10,12-13H2,1-3H3,(H,36,39)(H,41,42). The number of alkyl halides is 3. The van der Waals surface area contributed by atoms with Crippen LogP contribution in [0.3, 0.4) is 0 Å². The highest BCUT2D eigenvalue weighted by molar-refractivity contribution is 5.99. The van der Waals surface area contributed by atoms with Gasteiger partial charge in [0.1, 0.15) is 5.54 Å². The second kappa shape index (κ2) is 9.95. The highest BCUT2D eigenvalue weighted by atomic mass is 19.4. The third-order valence-corrected chi connectivity index (χ3v) is 9.57. The van der Waals surface area contributed by atoms with Gasteiger partial charge in [-0.15, -0.1) is 0 Å². The van der Waals surface area contributed by atoms with Gasteiger partial charge < -0.3 is 20.2 Å². The Kier molecular flexibility index (Phi) is 6.73. The second-order valence-electron chi connectivity index (χ2n) is 12.7. The van der Waals surface area contributed by atoms with Crippen molar-refractivity contribution in [2.75, 3.05) is 25.5 Å². The van der Waals surface area contributed by atoms with Gasteiger partial charge in [-0.3, -0.25) is 9.59 Å². The van der Waals surface area contributed by atoms with Crippen molar-refractivity contribution < 1.29 is 32.7 Å². The monoisotopic (exact) mass is 585 g/mol. The largest absolute Gasteiger partial charge is 0.479 e. The molecule has 1 aliphatic heterocycles. The van der Waals surface area contributed by atoms with Crippen LogP contribution in [-0.4, -0.2) is 63.9 Å². The highest BCUT2D eigenvalue weighted by Crippen LogP contribution is 2.51. The summed E-state index contributed by atoms with van der Waals surface area (Å²) in [6.45, 7) is 2.38. The van der Waals surface area contributed by atoms with Crippen LogP contribution in [0.1, 0.15) is 72.1 Å². The van der Waals surface area contributed by atoms with Crippen LogP contribution in [0.5, 0.6) is 0 Å². The quantitative estimate of drug-likeness (QED) is 0.517. The molecule has 2 heterocycles. The fourth-order valence-electron chi connectivity index (χ4n) is 7.59. The van der Waals surface area contributed by atoms with Crippen molar-refractivity contribution in [1.82, 2.24) is 20.2 Å². The molecule has 42 heavy (non-hydrogen) atoms. The molecule has 224 valence electrons. The van der Waals surface area contributed by atoms with E-state index < -0.39 is 34.8 Å². The summed E-state index contributed by atoms with van der Waals surface area (Å²) in [6, 6.07) is 5.71. The minimum Gasteiger partial charge on any atom is -0.479 e. The average molecular weight is 586 g/mol. The number of anilines is 2. The van der Waals surface area contributed by atoms with Gasteiger partial charge in [-0.1, -0.05) is 19.1 Å². The number of rotatable bonds is 6. The first kappa shape index (κ1) is 28.4. The van der Waals surface area contributed by atoms with E-state index >= 15 is 0 Å². The van der Waals surface area contributed by atoms with Gasteiger partial charge in [-0.05, 0) is 79.4 Å². The maximum absolute atomic E-state index is 14.3. The SMILES string of the molecule is CC1CC2CC(C1)C(NC(=O)c1cnc(N3CCc4cc(C5CC5C(=O)N(C)C)ccc43)nc1C(F)(F)F)(C(=O)O)C2. The number of aromatic nitrogens is 2. The summed E-state index contributed by atoms with van der Waals surface area (Å²) in [5.41, 5.74) is -1.17. The van der Waals surface area contributed by atoms with Gasteiger partial charge >= 0.3 is 12.1 Å². The number of nitrogens with zero attached hydrogens (tertiary/aromatic N) is 4. The van der Waals surface area contributed by atoms with Crippen molar-refractivity contribution in [3.05, 3.63) is 46.8 Å². The highest BCUT2D eigenvalue weighted by Gasteiger charge is 2.56. The van der Waals surface area contributed by atoms with Crippen LogP contribution in [0.15, 0.2) is 24.4 Å². The number of nitrogens with one attached hydrogen (secondary N) is 1. The van der Waals surface area contributed by atoms with E-state index in [9.17, 15) is 32.7 Å². The lowest BCUT2D eigenvalue weighted by molar-refractivity contribution is -0.146. The number of amides is 2. The Morgan fingerprint density at radius 2 is 1.90 bits per heavy atom. The van der Waals surface area contributed by atoms with Crippen molar-refractivity contribution in [3.63, 3.8) is 0 Å². The zero-order valence-electron chi connectivity index (χ0n) is 23.7. The number of carbonyl (C=O) groups excluding carboxylic acids is 2. The topological polar surface area (TPSA) is 116 Å². The molecule has 2 aromatic rings. The van der Waals surface area contributed by atoms with Crippen LogP contribution in [0.4, 0.5) is 24.8 Å². The van der Waals surface area contributed by atoms with E-state index in [1.54, 1.807) is 23.9 Å². The average Bonchev–Trinajstić information content (AvgIpc) is 3.54. The first-order chi connectivity index (χ1) is 19.8. The van der Waals surface area contributed by atoms with E-state index in [1.807, 2.05) is 25.1 Å². The summed E-state index contributed by atoms with van der Waals surface area (Å²) in [5, 5.41) is 12.6. The summed E-state index contributed by atoms with van der Waals surface area (Å²) in [4.78, 5) is 49.2. The second-order valence-corrected chi connectivity index (χ2v) is 12.7. The minimum absolute atomic E-state index is 0.0561. The number of hydrogen-bond acceptors (Lipinski definition) is 6.